The summed E-state index contributed by atoms with van der Waals surface area (Å²) in [7, 11) is 0.0820. The molecule has 4 rings (SSSR count). The van der Waals surface area contributed by atoms with Crippen LogP contribution in [0.5, 0.6) is 5.75 Å². The van der Waals surface area contributed by atoms with E-state index in [0.29, 0.717) is 33.2 Å². The summed E-state index contributed by atoms with van der Waals surface area (Å²) in [5.41, 5.74) is 2.21. The summed E-state index contributed by atoms with van der Waals surface area (Å²) >= 11 is 2.62. The monoisotopic (exact) mass is 521 g/mol. The van der Waals surface area contributed by atoms with Crippen molar-refractivity contribution >= 4 is 49.1 Å². The maximum atomic E-state index is 13.7. The molecule has 8 nitrogen and oxygen atoms in total. The Balaban J connectivity index is 1.75. The van der Waals surface area contributed by atoms with Gasteiger partial charge in [-0.3, -0.25) is 14.2 Å². The van der Waals surface area contributed by atoms with Crippen molar-refractivity contribution in [3.05, 3.63) is 44.6 Å². The number of hydrogen-bond donors (Lipinski definition) is 0. The van der Waals surface area contributed by atoms with E-state index in [2.05, 4.69) is 0 Å². The van der Waals surface area contributed by atoms with Gasteiger partial charge in [0.15, 0.2) is 15.0 Å². The van der Waals surface area contributed by atoms with Gasteiger partial charge < -0.3 is 9.64 Å². The molecule has 1 saturated heterocycles. The molecule has 1 atom stereocenters. The van der Waals surface area contributed by atoms with Crippen LogP contribution in [0.2, 0.25) is 0 Å². The molecule has 0 saturated carbocycles. The standard InChI is InChI=1S/C23H27N3O5S3/c1-13-6-7-18(31-5)17(10-13)26-22(28)20-14(2)15(3)33-21(20)24-23(26)32-11-19(27)25(4)16-8-9-34(29,30)12-16/h6-7,10,16H,8-9,11-12H2,1-5H3/t16-/m0/s1. The Hall–Kier alpha value is -2.37. The van der Waals surface area contributed by atoms with E-state index in [1.54, 1.807) is 20.2 Å². The van der Waals surface area contributed by atoms with E-state index in [-0.39, 0.29) is 34.8 Å². The fourth-order valence-corrected chi connectivity index (χ4v) is 7.85. The largest absolute Gasteiger partial charge is 0.495 e. The van der Waals surface area contributed by atoms with Gasteiger partial charge in [0.1, 0.15) is 10.6 Å². The number of aryl methyl sites for hydroxylation is 3. The molecule has 34 heavy (non-hydrogen) atoms. The summed E-state index contributed by atoms with van der Waals surface area (Å²) in [6.07, 6.45) is 0.443. The Morgan fingerprint density at radius 3 is 2.71 bits per heavy atom. The topological polar surface area (TPSA) is 98.6 Å². The van der Waals surface area contributed by atoms with Gasteiger partial charge >= 0.3 is 0 Å². The zero-order valence-electron chi connectivity index (χ0n) is 19.7. The molecule has 1 aromatic carbocycles. The van der Waals surface area contributed by atoms with Crippen LogP contribution in [0.4, 0.5) is 0 Å². The predicted octanol–water partition coefficient (Wildman–Crippen LogP) is 3.12. The Morgan fingerprint density at radius 1 is 1.32 bits per heavy atom. The summed E-state index contributed by atoms with van der Waals surface area (Å²) in [6, 6.07) is 5.25. The first-order valence-corrected chi connectivity index (χ1v) is 14.4. The molecule has 0 N–H and O–H groups in total. The third-order valence-electron chi connectivity index (χ3n) is 6.22. The van der Waals surface area contributed by atoms with Crippen molar-refractivity contribution in [1.29, 1.82) is 0 Å². The number of thioether (sulfide) groups is 1. The molecule has 0 unspecified atom stereocenters. The predicted molar refractivity (Wildman–Crippen MR) is 137 cm³/mol. The van der Waals surface area contributed by atoms with Crippen molar-refractivity contribution < 1.29 is 17.9 Å². The van der Waals surface area contributed by atoms with Gasteiger partial charge in [-0.15, -0.1) is 11.3 Å². The molecule has 0 spiro atoms. The minimum atomic E-state index is -3.10. The van der Waals surface area contributed by atoms with Crippen molar-refractivity contribution in [3.63, 3.8) is 0 Å². The second kappa shape index (κ2) is 9.35. The number of carbonyl (C=O) groups excluding carboxylic acids is 1. The second-order valence-electron chi connectivity index (χ2n) is 8.52. The van der Waals surface area contributed by atoms with Crippen LogP contribution in [0, 0.1) is 20.8 Å². The van der Waals surface area contributed by atoms with E-state index in [9.17, 15) is 18.0 Å². The van der Waals surface area contributed by atoms with Crippen molar-refractivity contribution in [2.24, 2.45) is 0 Å². The van der Waals surface area contributed by atoms with Gasteiger partial charge in [0.25, 0.3) is 5.56 Å². The summed E-state index contributed by atoms with van der Waals surface area (Å²) in [5.74, 6) is 0.443. The number of hydrogen-bond acceptors (Lipinski definition) is 8. The van der Waals surface area contributed by atoms with Crippen LogP contribution in [0.1, 0.15) is 22.4 Å². The van der Waals surface area contributed by atoms with Crippen molar-refractivity contribution in [2.45, 2.75) is 38.4 Å². The van der Waals surface area contributed by atoms with E-state index in [0.717, 1.165) is 16.0 Å². The van der Waals surface area contributed by atoms with E-state index in [1.807, 2.05) is 32.9 Å². The number of methoxy groups -OCH3 is 1. The first-order valence-electron chi connectivity index (χ1n) is 10.8. The van der Waals surface area contributed by atoms with Crippen LogP contribution >= 0.6 is 23.1 Å². The third-order valence-corrected chi connectivity index (χ3v) is 10.00. The number of aromatic nitrogens is 2. The normalized spacial score (nSPS) is 17.3. The molecule has 0 bridgehead atoms. The van der Waals surface area contributed by atoms with Gasteiger partial charge in [0.2, 0.25) is 5.91 Å². The van der Waals surface area contributed by atoms with E-state index < -0.39 is 9.84 Å². The minimum Gasteiger partial charge on any atom is -0.495 e. The zero-order chi connectivity index (χ0) is 24.8. The van der Waals surface area contributed by atoms with Crippen LogP contribution in [-0.2, 0) is 14.6 Å². The van der Waals surface area contributed by atoms with Crippen LogP contribution in [-0.4, -0.2) is 66.2 Å². The van der Waals surface area contributed by atoms with Crippen molar-refractivity contribution in [2.75, 3.05) is 31.4 Å². The molecule has 1 amide bonds. The summed E-state index contributed by atoms with van der Waals surface area (Å²) < 4.78 is 30.7. The zero-order valence-corrected chi connectivity index (χ0v) is 22.2. The van der Waals surface area contributed by atoms with Gasteiger partial charge in [-0.2, -0.15) is 0 Å². The number of carbonyl (C=O) groups is 1. The molecule has 0 aliphatic carbocycles. The van der Waals surface area contributed by atoms with Gasteiger partial charge in [0.05, 0.1) is 35.4 Å². The lowest BCUT2D eigenvalue weighted by atomic mass is 10.2. The molecule has 3 heterocycles. The summed E-state index contributed by atoms with van der Waals surface area (Å²) in [4.78, 5) is 34.6. The highest BCUT2D eigenvalue weighted by Gasteiger charge is 2.33. The van der Waals surface area contributed by atoms with Gasteiger partial charge in [-0.05, 0) is 50.5 Å². The number of benzene rings is 1. The maximum absolute atomic E-state index is 13.7. The molecule has 1 fully saturated rings. The lowest BCUT2D eigenvalue weighted by Gasteiger charge is -2.23. The molecule has 0 radical (unpaired) electrons. The minimum absolute atomic E-state index is 0.0108. The number of sulfone groups is 1. The molecule has 182 valence electrons. The van der Waals surface area contributed by atoms with E-state index in [1.165, 1.54) is 32.6 Å². The quantitative estimate of drug-likeness (QED) is 0.363. The van der Waals surface area contributed by atoms with E-state index >= 15 is 0 Å². The average molecular weight is 522 g/mol. The Bertz CT molecular complexity index is 1440. The van der Waals surface area contributed by atoms with Crippen LogP contribution < -0.4 is 10.3 Å². The first kappa shape index (κ1) is 24.7. The molecule has 2 aromatic heterocycles. The fraction of sp³-hybridized carbons (Fsp3) is 0.435. The molecular formula is C23H27N3O5S3. The highest BCUT2D eigenvalue weighted by atomic mass is 32.2. The number of thiophene rings is 1. The Labute approximate surface area is 206 Å². The lowest BCUT2D eigenvalue weighted by molar-refractivity contribution is -0.128. The fourth-order valence-electron chi connectivity index (χ4n) is 4.07. The maximum Gasteiger partial charge on any atom is 0.267 e. The third kappa shape index (κ3) is 4.60. The Kier molecular flexibility index (Phi) is 6.80. The molecule has 1 aliphatic heterocycles. The molecule has 3 aromatic rings. The van der Waals surface area contributed by atoms with Gasteiger partial charge in [-0.1, -0.05) is 17.8 Å². The van der Waals surface area contributed by atoms with Gasteiger partial charge in [0, 0.05) is 18.0 Å². The lowest BCUT2D eigenvalue weighted by Crippen LogP contribution is -2.39. The molecular weight excluding hydrogens is 494 g/mol. The first-order chi connectivity index (χ1) is 16.0. The highest BCUT2D eigenvalue weighted by molar-refractivity contribution is 7.99. The number of nitrogens with zero attached hydrogens (tertiary/aromatic N) is 3. The Morgan fingerprint density at radius 2 is 2.06 bits per heavy atom. The average Bonchev–Trinajstić information content (AvgIpc) is 3.29. The number of amides is 1. The summed E-state index contributed by atoms with van der Waals surface area (Å²) in [5, 5.41) is 0.957. The van der Waals surface area contributed by atoms with Crippen molar-refractivity contribution in [3.8, 4) is 11.4 Å². The van der Waals surface area contributed by atoms with E-state index in [4.69, 9.17) is 9.72 Å². The van der Waals surface area contributed by atoms with Gasteiger partial charge in [-0.25, -0.2) is 13.4 Å². The number of fused-ring (bicyclic) bond motifs is 1. The molecule has 1 aliphatic rings. The summed E-state index contributed by atoms with van der Waals surface area (Å²) in [6.45, 7) is 5.80. The highest BCUT2D eigenvalue weighted by Crippen LogP contribution is 2.32. The van der Waals surface area contributed by atoms with Crippen molar-refractivity contribution in [1.82, 2.24) is 14.5 Å². The number of rotatable bonds is 6. The second-order valence-corrected chi connectivity index (χ2v) is 12.9. The van der Waals surface area contributed by atoms with Crippen LogP contribution in [0.3, 0.4) is 0 Å². The molecule has 11 heteroatoms. The smallest absolute Gasteiger partial charge is 0.267 e. The van der Waals surface area contributed by atoms with Crippen LogP contribution in [0.25, 0.3) is 15.9 Å². The number of ether oxygens (including phenoxy) is 1. The van der Waals surface area contributed by atoms with Crippen LogP contribution in [0.15, 0.2) is 28.2 Å². The SMILES string of the molecule is COc1ccc(C)cc1-n1c(SCC(=O)N(C)[C@H]2CCS(=O)(=O)C2)nc2sc(C)c(C)c2c1=O.